The van der Waals surface area contributed by atoms with E-state index in [-0.39, 0.29) is 16.0 Å². The van der Waals surface area contributed by atoms with Gasteiger partial charge in [0.25, 0.3) is 5.69 Å². The Labute approximate surface area is 206 Å². The number of benzene rings is 2. The molecule has 0 saturated carbocycles. The van der Waals surface area contributed by atoms with Crippen molar-refractivity contribution in [3.8, 4) is 11.1 Å². The van der Waals surface area contributed by atoms with E-state index in [1.54, 1.807) is 23.9 Å². The summed E-state index contributed by atoms with van der Waals surface area (Å²) in [5, 5.41) is 11.6. The summed E-state index contributed by atoms with van der Waals surface area (Å²) in [6, 6.07) is 13.1. The first-order chi connectivity index (χ1) is 15.7. The lowest BCUT2D eigenvalue weighted by molar-refractivity contribution is -0.384. The highest BCUT2D eigenvalue weighted by Gasteiger charge is 2.40. The molecule has 3 nitrogen and oxygen atoms in total. The molecule has 2 aromatic rings. The van der Waals surface area contributed by atoms with Gasteiger partial charge in [-0.1, -0.05) is 82.0 Å². The maximum absolute atomic E-state index is 11.6. The highest BCUT2D eigenvalue weighted by Crippen LogP contribution is 2.55. The van der Waals surface area contributed by atoms with Crippen LogP contribution in [-0.2, 0) is 5.41 Å². The molecule has 3 rings (SSSR count). The highest BCUT2D eigenvalue weighted by atomic mass is 32.2. The number of rotatable bonds is 7. The number of thiol groups is 1. The zero-order chi connectivity index (χ0) is 24.3. The number of allylic oxidation sites excluding steroid dienone is 5. The summed E-state index contributed by atoms with van der Waals surface area (Å²) in [7, 11) is 0. The van der Waals surface area contributed by atoms with E-state index in [0.29, 0.717) is 5.56 Å². The number of thioether (sulfide) groups is 1. The highest BCUT2D eigenvalue weighted by molar-refractivity contribution is 8.08. The second-order valence-corrected chi connectivity index (χ2v) is 10.3. The summed E-state index contributed by atoms with van der Waals surface area (Å²) in [5.41, 5.74) is 5.99. The Kier molecular flexibility index (Phi) is 7.76. The summed E-state index contributed by atoms with van der Waals surface area (Å²) >= 11 is 6.45. The van der Waals surface area contributed by atoms with Crippen molar-refractivity contribution >= 4 is 35.7 Å². The van der Waals surface area contributed by atoms with Gasteiger partial charge in [0.15, 0.2) is 0 Å². The van der Waals surface area contributed by atoms with Crippen LogP contribution in [0.2, 0.25) is 0 Å². The van der Waals surface area contributed by atoms with Crippen molar-refractivity contribution in [2.75, 3.05) is 0 Å². The molecule has 0 radical (unpaired) electrons. The Morgan fingerprint density at radius 2 is 1.88 bits per heavy atom. The zero-order valence-corrected chi connectivity index (χ0v) is 21.6. The predicted molar refractivity (Wildman–Crippen MR) is 147 cm³/mol. The van der Waals surface area contributed by atoms with Gasteiger partial charge < -0.3 is 0 Å². The number of fused-ring (bicyclic) bond motifs is 1. The molecule has 0 aromatic heterocycles. The van der Waals surface area contributed by atoms with E-state index in [2.05, 4.69) is 65.5 Å². The van der Waals surface area contributed by atoms with Crippen LogP contribution in [0.5, 0.6) is 0 Å². The third kappa shape index (κ3) is 4.75. The lowest BCUT2D eigenvalue weighted by Gasteiger charge is -2.26. The minimum Gasteiger partial charge on any atom is -0.258 e. The fourth-order valence-electron chi connectivity index (χ4n) is 4.54. The first-order valence-corrected chi connectivity index (χ1v) is 12.4. The van der Waals surface area contributed by atoms with E-state index in [0.717, 1.165) is 39.3 Å². The topological polar surface area (TPSA) is 43.1 Å². The molecule has 0 bridgehead atoms. The van der Waals surface area contributed by atoms with Crippen LogP contribution in [0.15, 0.2) is 81.5 Å². The largest absolute Gasteiger partial charge is 0.277 e. The smallest absolute Gasteiger partial charge is 0.258 e. The molecule has 0 heterocycles. The van der Waals surface area contributed by atoms with E-state index in [9.17, 15) is 10.1 Å². The summed E-state index contributed by atoms with van der Waals surface area (Å²) < 4.78 is 0. The van der Waals surface area contributed by atoms with Gasteiger partial charge in [0.05, 0.1) is 10.5 Å². The monoisotopic (exact) mass is 477 g/mol. The molecular weight excluding hydrogens is 446 g/mol. The summed E-state index contributed by atoms with van der Waals surface area (Å²) in [6.07, 6.45) is 6.41. The number of para-hydroxylation sites is 1. The molecule has 0 aliphatic heterocycles. The van der Waals surface area contributed by atoms with E-state index in [4.69, 9.17) is 12.6 Å². The Bertz CT molecular complexity index is 1200. The first kappa shape index (κ1) is 25.1. The molecule has 1 aliphatic carbocycles. The SMILES string of the molecule is C=C(S)/C(S/C(=C/C)CCC)=C1\C(=C/C)c2ccc(-c3ccccc3[N+](=O)[O-])cc2C1(C)C. The number of hydrogen-bond acceptors (Lipinski definition) is 4. The number of nitro benzene ring substituents is 1. The van der Waals surface area contributed by atoms with Crippen molar-refractivity contribution < 1.29 is 4.92 Å². The van der Waals surface area contributed by atoms with Crippen LogP contribution in [0.3, 0.4) is 0 Å². The molecule has 172 valence electrons. The van der Waals surface area contributed by atoms with Gasteiger partial charge in [-0.3, -0.25) is 10.1 Å². The summed E-state index contributed by atoms with van der Waals surface area (Å²) in [4.78, 5) is 14.4. The van der Waals surface area contributed by atoms with Gasteiger partial charge in [-0.2, -0.15) is 0 Å². The van der Waals surface area contributed by atoms with Gasteiger partial charge in [-0.05, 0) is 65.1 Å². The summed E-state index contributed by atoms with van der Waals surface area (Å²) in [6.45, 7) is 14.9. The minimum absolute atomic E-state index is 0.118. The third-order valence-electron chi connectivity index (χ3n) is 6.12. The van der Waals surface area contributed by atoms with Gasteiger partial charge in [0, 0.05) is 21.3 Å². The Hall–Kier alpha value is -2.50. The van der Waals surface area contributed by atoms with Crippen LogP contribution in [0.25, 0.3) is 16.7 Å². The van der Waals surface area contributed by atoms with Crippen LogP contribution in [-0.4, -0.2) is 4.92 Å². The van der Waals surface area contributed by atoms with E-state index in [1.165, 1.54) is 16.1 Å². The molecule has 1 aliphatic rings. The van der Waals surface area contributed by atoms with Crippen LogP contribution >= 0.6 is 24.4 Å². The van der Waals surface area contributed by atoms with Crippen LogP contribution in [0, 0.1) is 10.1 Å². The molecule has 0 amide bonds. The summed E-state index contributed by atoms with van der Waals surface area (Å²) in [5.74, 6) is 0. The average molecular weight is 478 g/mol. The lowest BCUT2D eigenvalue weighted by Crippen LogP contribution is -2.17. The van der Waals surface area contributed by atoms with Gasteiger partial charge in [0.1, 0.15) is 0 Å². The van der Waals surface area contributed by atoms with Crippen molar-refractivity contribution in [1.82, 2.24) is 0 Å². The quantitative estimate of drug-likeness (QED) is 0.246. The molecule has 5 heteroatoms. The van der Waals surface area contributed by atoms with Gasteiger partial charge in [-0.25, -0.2) is 0 Å². The van der Waals surface area contributed by atoms with Gasteiger partial charge in [0.2, 0.25) is 0 Å². The van der Waals surface area contributed by atoms with Crippen LogP contribution in [0.4, 0.5) is 5.69 Å². The average Bonchev–Trinajstić information content (AvgIpc) is 3.02. The fraction of sp³-hybridized carbons (Fsp3) is 0.286. The molecule has 2 aromatic carbocycles. The number of nitro groups is 1. The van der Waals surface area contributed by atoms with Crippen molar-refractivity contribution in [3.05, 3.63) is 103 Å². The molecule has 0 fully saturated rings. The fourth-order valence-corrected chi connectivity index (χ4v) is 6.06. The molecular formula is C28H31NO2S2. The van der Waals surface area contributed by atoms with Crippen LogP contribution in [0.1, 0.15) is 58.6 Å². The van der Waals surface area contributed by atoms with Gasteiger partial charge >= 0.3 is 0 Å². The maximum Gasteiger partial charge on any atom is 0.277 e. The lowest BCUT2D eigenvalue weighted by atomic mass is 9.81. The molecule has 0 unspecified atom stereocenters. The van der Waals surface area contributed by atoms with E-state index >= 15 is 0 Å². The van der Waals surface area contributed by atoms with Crippen LogP contribution < -0.4 is 0 Å². The number of nitrogens with zero attached hydrogens (tertiary/aromatic N) is 1. The molecule has 0 N–H and O–H groups in total. The van der Waals surface area contributed by atoms with E-state index in [1.807, 2.05) is 18.2 Å². The normalized spacial score (nSPS) is 17.8. The van der Waals surface area contributed by atoms with Crippen molar-refractivity contribution in [1.29, 1.82) is 0 Å². The number of hydrogen-bond donors (Lipinski definition) is 1. The zero-order valence-electron chi connectivity index (χ0n) is 19.9. The molecule has 0 saturated heterocycles. The Morgan fingerprint density at radius 3 is 2.45 bits per heavy atom. The second-order valence-electron chi connectivity index (χ2n) is 8.62. The molecule has 0 atom stereocenters. The Balaban J connectivity index is 2.24. The first-order valence-electron chi connectivity index (χ1n) is 11.2. The van der Waals surface area contributed by atoms with Crippen molar-refractivity contribution in [2.45, 2.75) is 52.9 Å². The van der Waals surface area contributed by atoms with Gasteiger partial charge in [-0.15, -0.1) is 12.6 Å². The van der Waals surface area contributed by atoms with E-state index < -0.39 is 0 Å². The third-order valence-corrected chi connectivity index (χ3v) is 7.85. The standard InChI is InChI=1S/C28H31NO2S2/c1-7-12-20(8-2)33-27(18(4)32)26-21(9-3)23-16-15-19(17-24(23)28(26,5)6)22-13-10-11-14-25(22)29(30)31/h8-11,13-17,32H,4,7,12H2,1-3,5-6H3/b20-8+,21-9-,27-26-. The van der Waals surface area contributed by atoms with Crippen molar-refractivity contribution in [2.24, 2.45) is 0 Å². The molecule has 0 spiro atoms. The Morgan fingerprint density at radius 1 is 1.18 bits per heavy atom. The predicted octanol–water partition coefficient (Wildman–Crippen LogP) is 9.09. The maximum atomic E-state index is 11.6. The second kappa shape index (κ2) is 10.2. The van der Waals surface area contributed by atoms with Crippen molar-refractivity contribution in [3.63, 3.8) is 0 Å². The minimum atomic E-state index is -0.317. The molecule has 33 heavy (non-hydrogen) atoms.